The molecular formula is C39H52O6. The Kier molecular flexibility index (Phi) is 16.1. The van der Waals surface area contributed by atoms with Gasteiger partial charge in [0.2, 0.25) is 0 Å². The normalized spacial score (nSPS) is 11.7. The molecule has 6 heteroatoms. The van der Waals surface area contributed by atoms with Gasteiger partial charge in [-0.3, -0.25) is 0 Å². The largest absolute Gasteiger partial charge is 0.494 e. The number of hydrogen-bond donors (Lipinski definition) is 0. The van der Waals surface area contributed by atoms with Crippen LogP contribution in [0.1, 0.15) is 119 Å². The predicted octanol–water partition coefficient (Wildman–Crippen LogP) is 10.5. The molecule has 0 aliphatic heterocycles. The minimum atomic E-state index is -0.514. The van der Waals surface area contributed by atoms with Crippen molar-refractivity contribution >= 4 is 11.9 Å². The maximum absolute atomic E-state index is 13.0. The molecule has 0 saturated carbocycles. The number of carbonyl (C=O) groups excluding carboxylic acids is 2. The van der Waals surface area contributed by atoms with Gasteiger partial charge >= 0.3 is 11.9 Å². The highest BCUT2D eigenvalue weighted by Gasteiger charge is 2.16. The van der Waals surface area contributed by atoms with Gasteiger partial charge < -0.3 is 18.9 Å². The topological polar surface area (TPSA) is 71.1 Å². The van der Waals surface area contributed by atoms with Crippen LogP contribution in [0.2, 0.25) is 0 Å². The van der Waals surface area contributed by atoms with Crippen LogP contribution < -0.4 is 18.9 Å². The first kappa shape index (κ1) is 35.7. The average molecular weight is 617 g/mol. The molecule has 0 amide bonds. The van der Waals surface area contributed by atoms with Crippen molar-refractivity contribution in [1.29, 1.82) is 0 Å². The lowest BCUT2D eigenvalue weighted by Crippen LogP contribution is -2.12. The van der Waals surface area contributed by atoms with E-state index in [-0.39, 0.29) is 0 Å². The van der Waals surface area contributed by atoms with Crippen LogP contribution >= 0.6 is 0 Å². The molecule has 3 aromatic rings. The molecule has 0 fully saturated rings. The van der Waals surface area contributed by atoms with Crippen LogP contribution in [0.5, 0.6) is 23.0 Å². The Morgan fingerprint density at radius 2 is 1.18 bits per heavy atom. The monoisotopic (exact) mass is 616 g/mol. The summed E-state index contributed by atoms with van der Waals surface area (Å²) >= 11 is 0. The summed E-state index contributed by atoms with van der Waals surface area (Å²) in [5, 5.41) is 0. The molecule has 6 nitrogen and oxygen atoms in total. The fourth-order valence-electron chi connectivity index (χ4n) is 4.99. The van der Waals surface area contributed by atoms with Gasteiger partial charge in [-0.1, -0.05) is 97.6 Å². The van der Waals surface area contributed by atoms with E-state index in [0.717, 1.165) is 24.5 Å². The van der Waals surface area contributed by atoms with Gasteiger partial charge in [0.15, 0.2) is 0 Å². The molecule has 0 N–H and O–H groups in total. The zero-order valence-electron chi connectivity index (χ0n) is 27.7. The van der Waals surface area contributed by atoms with Gasteiger partial charge in [-0.2, -0.15) is 0 Å². The fraction of sp³-hybridized carbons (Fsp3) is 0.487. The lowest BCUT2D eigenvalue weighted by atomic mass is 9.98. The fourth-order valence-corrected chi connectivity index (χ4v) is 4.99. The van der Waals surface area contributed by atoms with Crippen molar-refractivity contribution < 1.29 is 28.5 Å². The third-order valence-corrected chi connectivity index (χ3v) is 7.81. The zero-order valence-corrected chi connectivity index (χ0v) is 27.7. The quantitative estimate of drug-likeness (QED) is 0.0674. The minimum absolute atomic E-state index is 0.326. The molecule has 3 aromatic carbocycles. The van der Waals surface area contributed by atoms with Gasteiger partial charge in [0.1, 0.15) is 28.6 Å². The number of unbranched alkanes of at least 4 members (excludes halogenated alkanes) is 6. The molecule has 0 spiro atoms. The van der Waals surface area contributed by atoms with Crippen molar-refractivity contribution in [2.75, 3.05) is 13.2 Å². The lowest BCUT2D eigenvalue weighted by Gasteiger charge is -2.15. The average Bonchev–Trinajstić information content (AvgIpc) is 3.03. The first-order valence-corrected chi connectivity index (χ1v) is 16.8. The SMILES string of the molecule is CCCCCCCCCOc1ccc(OC(=O)c2ccc(OC(=O)c3ccccc3OCC[C@@H](C)CCCC(C)C)cc2)cc1. The highest BCUT2D eigenvalue weighted by molar-refractivity contribution is 5.94. The van der Waals surface area contributed by atoms with Crippen LogP contribution in [0, 0.1) is 11.8 Å². The Labute approximate surface area is 270 Å². The molecule has 0 aliphatic rings. The second kappa shape index (κ2) is 20.3. The highest BCUT2D eigenvalue weighted by atomic mass is 16.5. The predicted molar refractivity (Wildman–Crippen MR) is 181 cm³/mol. The number of esters is 2. The van der Waals surface area contributed by atoms with Crippen LogP contribution in [0.3, 0.4) is 0 Å². The van der Waals surface area contributed by atoms with Crippen molar-refractivity contribution in [2.45, 2.75) is 98.3 Å². The molecule has 45 heavy (non-hydrogen) atoms. The number of carbonyl (C=O) groups is 2. The summed E-state index contributed by atoms with van der Waals surface area (Å²) in [6, 6.07) is 20.5. The molecular weight excluding hydrogens is 564 g/mol. The Morgan fingerprint density at radius 3 is 1.87 bits per heavy atom. The number of hydrogen-bond acceptors (Lipinski definition) is 6. The van der Waals surface area contributed by atoms with E-state index in [1.807, 2.05) is 18.2 Å². The highest BCUT2D eigenvalue weighted by Crippen LogP contribution is 2.24. The van der Waals surface area contributed by atoms with Gasteiger partial charge in [0, 0.05) is 0 Å². The smallest absolute Gasteiger partial charge is 0.347 e. The number of benzene rings is 3. The maximum atomic E-state index is 13.0. The number of ether oxygens (including phenoxy) is 4. The number of rotatable bonds is 21. The summed E-state index contributed by atoms with van der Waals surface area (Å²) in [5.41, 5.74) is 0.712. The second-order valence-electron chi connectivity index (χ2n) is 12.3. The lowest BCUT2D eigenvalue weighted by molar-refractivity contribution is 0.0727. The van der Waals surface area contributed by atoms with Crippen molar-refractivity contribution in [3.63, 3.8) is 0 Å². The van der Waals surface area contributed by atoms with Crippen LogP contribution in [-0.2, 0) is 0 Å². The first-order chi connectivity index (χ1) is 21.9. The summed E-state index contributed by atoms with van der Waals surface area (Å²) in [4.78, 5) is 25.7. The van der Waals surface area contributed by atoms with E-state index in [0.29, 0.717) is 47.5 Å². The third kappa shape index (κ3) is 13.8. The summed E-state index contributed by atoms with van der Waals surface area (Å²) in [6.45, 7) is 10.2. The van der Waals surface area contributed by atoms with E-state index in [4.69, 9.17) is 18.9 Å². The number of para-hydroxylation sites is 1. The molecule has 0 bridgehead atoms. The molecule has 244 valence electrons. The van der Waals surface area contributed by atoms with Gasteiger partial charge in [-0.05, 0) is 85.3 Å². The van der Waals surface area contributed by atoms with Crippen molar-refractivity contribution in [3.05, 3.63) is 83.9 Å². The van der Waals surface area contributed by atoms with Gasteiger partial charge in [-0.15, -0.1) is 0 Å². The van der Waals surface area contributed by atoms with Crippen LogP contribution in [0.15, 0.2) is 72.8 Å². The van der Waals surface area contributed by atoms with Crippen molar-refractivity contribution in [1.82, 2.24) is 0 Å². The molecule has 0 saturated heterocycles. The Morgan fingerprint density at radius 1 is 0.578 bits per heavy atom. The van der Waals surface area contributed by atoms with E-state index < -0.39 is 11.9 Å². The molecule has 0 aromatic heterocycles. The van der Waals surface area contributed by atoms with Crippen molar-refractivity contribution in [2.24, 2.45) is 11.8 Å². The molecule has 3 rings (SSSR count). The van der Waals surface area contributed by atoms with Gasteiger partial charge in [-0.25, -0.2) is 9.59 Å². The summed E-state index contributed by atoms with van der Waals surface area (Å²) in [6.07, 6.45) is 13.2. The van der Waals surface area contributed by atoms with Crippen LogP contribution in [0.4, 0.5) is 0 Å². The summed E-state index contributed by atoms with van der Waals surface area (Å²) in [5.74, 6) is 2.29. The first-order valence-electron chi connectivity index (χ1n) is 16.8. The van der Waals surface area contributed by atoms with Crippen molar-refractivity contribution in [3.8, 4) is 23.0 Å². The second-order valence-corrected chi connectivity index (χ2v) is 12.3. The third-order valence-electron chi connectivity index (χ3n) is 7.81. The Balaban J connectivity index is 1.42. The van der Waals surface area contributed by atoms with E-state index in [9.17, 15) is 9.59 Å². The molecule has 0 aliphatic carbocycles. The Hall–Kier alpha value is -3.80. The van der Waals surface area contributed by atoms with Gasteiger partial charge in [0.25, 0.3) is 0 Å². The standard InChI is InChI=1S/C39H52O6/c1-5-6-7-8-9-10-13-28-42-33-23-25-35(26-24-33)44-38(40)32-19-21-34(22-20-32)45-39(41)36-17-11-12-18-37(36)43-29-27-31(4)16-14-15-30(2)3/h11-12,17-26,30-31H,5-10,13-16,27-29H2,1-4H3/t31-/m0/s1. The maximum Gasteiger partial charge on any atom is 0.347 e. The summed E-state index contributed by atoms with van der Waals surface area (Å²) in [7, 11) is 0. The minimum Gasteiger partial charge on any atom is -0.494 e. The Bertz CT molecular complexity index is 1270. The molecule has 1 atom stereocenters. The van der Waals surface area contributed by atoms with Crippen LogP contribution in [-0.4, -0.2) is 25.2 Å². The van der Waals surface area contributed by atoms with E-state index >= 15 is 0 Å². The molecule has 0 heterocycles. The van der Waals surface area contributed by atoms with E-state index in [1.54, 1.807) is 54.6 Å². The van der Waals surface area contributed by atoms with Crippen LogP contribution in [0.25, 0.3) is 0 Å². The molecule has 0 radical (unpaired) electrons. The van der Waals surface area contributed by atoms with E-state index in [2.05, 4.69) is 27.7 Å². The zero-order chi connectivity index (χ0) is 32.3. The van der Waals surface area contributed by atoms with Gasteiger partial charge in [0.05, 0.1) is 18.8 Å². The summed E-state index contributed by atoms with van der Waals surface area (Å²) < 4.78 is 22.9. The molecule has 0 unspecified atom stereocenters. The van der Waals surface area contributed by atoms with E-state index in [1.165, 1.54) is 57.8 Å².